The van der Waals surface area contributed by atoms with Gasteiger partial charge in [0.05, 0.1) is 5.69 Å². The summed E-state index contributed by atoms with van der Waals surface area (Å²) in [5.41, 5.74) is 4.00. The Balaban J connectivity index is 2.80. The summed E-state index contributed by atoms with van der Waals surface area (Å²) in [7, 11) is 1.90. The second-order valence-corrected chi connectivity index (χ2v) is 4.12. The van der Waals surface area contributed by atoms with Gasteiger partial charge in [0.15, 0.2) is 0 Å². The Morgan fingerprint density at radius 2 is 2.07 bits per heavy atom. The maximum Gasteiger partial charge on any atom is 0.141 e. The van der Waals surface area contributed by atoms with E-state index < -0.39 is 0 Å². The Morgan fingerprint density at radius 3 is 2.47 bits per heavy atom. The first-order valence-corrected chi connectivity index (χ1v) is 5.07. The van der Waals surface area contributed by atoms with Gasteiger partial charge >= 0.3 is 0 Å². The fourth-order valence-electron chi connectivity index (χ4n) is 1.67. The third-order valence-electron chi connectivity index (χ3n) is 2.53. The molecule has 0 amide bonds. The third-order valence-corrected chi connectivity index (χ3v) is 2.53. The molecular formula is C12H18N2O. The molecule has 15 heavy (non-hydrogen) atoms. The first-order chi connectivity index (χ1) is 6.91. The molecule has 1 heterocycles. The molecule has 0 atom stereocenters. The van der Waals surface area contributed by atoms with Crippen molar-refractivity contribution in [1.29, 1.82) is 0 Å². The highest BCUT2D eigenvalue weighted by Crippen LogP contribution is 2.14. The van der Waals surface area contributed by atoms with Gasteiger partial charge in [-0.15, -0.1) is 0 Å². The van der Waals surface area contributed by atoms with Crippen LogP contribution >= 0.6 is 0 Å². The van der Waals surface area contributed by atoms with Crippen molar-refractivity contribution < 1.29 is 4.79 Å². The van der Waals surface area contributed by atoms with Crippen LogP contribution in [0.25, 0.3) is 0 Å². The first-order valence-electron chi connectivity index (χ1n) is 5.07. The Morgan fingerprint density at radius 1 is 1.47 bits per heavy atom. The number of rotatable bonds is 4. The number of aryl methyl sites for hydroxylation is 2. The van der Waals surface area contributed by atoms with Crippen molar-refractivity contribution in [3.63, 3.8) is 0 Å². The standard InChI is InChI=1S/C12H18N2O/c1-8(2)6-11(15)7-12-9(3)13-14(5)10(12)4/h1,6-7H2,2-5H3. The van der Waals surface area contributed by atoms with E-state index in [0.717, 1.165) is 22.5 Å². The highest BCUT2D eigenvalue weighted by atomic mass is 16.1. The smallest absolute Gasteiger partial charge is 0.141 e. The summed E-state index contributed by atoms with van der Waals surface area (Å²) in [5, 5.41) is 4.28. The number of Topliss-reactive ketones (excluding diaryl/α,β-unsaturated/α-hetero) is 1. The van der Waals surface area contributed by atoms with Gasteiger partial charge in [0, 0.05) is 31.1 Å². The average Bonchev–Trinajstić information content (AvgIpc) is 2.31. The van der Waals surface area contributed by atoms with E-state index in [1.54, 1.807) is 0 Å². The van der Waals surface area contributed by atoms with E-state index in [-0.39, 0.29) is 5.78 Å². The van der Waals surface area contributed by atoms with Crippen LogP contribution in [-0.4, -0.2) is 15.6 Å². The van der Waals surface area contributed by atoms with Crippen LogP contribution < -0.4 is 0 Å². The molecule has 0 N–H and O–H groups in total. The molecule has 0 aliphatic carbocycles. The summed E-state index contributed by atoms with van der Waals surface area (Å²) < 4.78 is 1.82. The van der Waals surface area contributed by atoms with E-state index in [2.05, 4.69) is 11.7 Å². The van der Waals surface area contributed by atoms with E-state index >= 15 is 0 Å². The summed E-state index contributed by atoms with van der Waals surface area (Å²) in [4.78, 5) is 11.6. The number of hydrogen-bond donors (Lipinski definition) is 0. The summed E-state index contributed by atoms with van der Waals surface area (Å²) in [5.74, 6) is 0.210. The van der Waals surface area contributed by atoms with E-state index in [1.165, 1.54) is 0 Å². The summed E-state index contributed by atoms with van der Waals surface area (Å²) >= 11 is 0. The van der Waals surface area contributed by atoms with Gasteiger partial charge in [-0.05, 0) is 20.8 Å². The van der Waals surface area contributed by atoms with Gasteiger partial charge in [0.2, 0.25) is 0 Å². The van der Waals surface area contributed by atoms with Gasteiger partial charge in [-0.25, -0.2) is 0 Å². The zero-order valence-corrected chi connectivity index (χ0v) is 9.92. The molecule has 3 heteroatoms. The molecule has 0 fully saturated rings. The van der Waals surface area contributed by atoms with Crippen LogP contribution in [0.3, 0.4) is 0 Å². The van der Waals surface area contributed by atoms with Crippen LogP contribution in [-0.2, 0) is 18.3 Å². The molecule has 0 aliphatic rings. The van der Waals surface area contributed by atoms with Gasteiger partial charge in [-0.2, -0.15) is 5.10 Å². The van der Waals surface area contributed by atoms with Crippen molar-refractivity contribution in [1.82, 2.24) is 9.78 Å². The molecule has 0 spiro atoms. The molecule has 0 bridgehead atoms. The topological polar surface area (TPSA) is 34.9 Å². The van der Waals surface area contributed by atoms with Crippen LogP contribution in [0.5, 0.6) is 0 Å². The first kappa shape index (κ1) is 11.7. The number of allylic oxidation sites excluding steroid dienone is 1. The molecule has 0 aliphatic heterocycles. The molecule has 3 nitrogen and oxygen atoms in total. The highest BCUT2D eigenvalue weighted by molar-refractivity contribution is 5.83. The van der Waals surface area contributed by atoms with Gasteiger partial charge in [0.1, 0.15) is 5.78 Å². The second-order valence-electron chi connectivity index (χ2n) is 4.12. The molecule has 1 rings (SSSR count). The zero-order chi connectivity index (χ0) is 11.6. The van der Waals surface area contributed by atoms with Crippen LogP contribution in [0.15, 0.2) is 12.2 Å². The predicted molar refractivity (Wildman–Crippen MR) is 60.8 cm³/mol. The monoisotopic (exact) mass is 206 g/mol. The Hall–Kier alpha value is -1.38. The van der Waals surface area contributed by atoms with Crippen LogP contribution in [0.4, 0.5) is 0 Å². The quantitative estimate of drug-likeness (QED) is 0.707. The molecule has 0 unspecified atom stereocenters. The molecule has 0 aromatic carbocycles. The minimum absolute atomic E-state index is 0.210. The fraction of sp³-hybridized carbons (Fsp3) is 0.500. The van der Waals surface area contributed by atoms with E-state index in [9.17, 15) is 4.79 Å². The van der Waals surface area contributed by atoms with Crippen molar-refractivity contribution in [3.8, 4) is 0 Å². The molecular weight excluding hydrogens is 188 g/mol. The van der Waals surface area contributed by atoms with E-state index in [1.807, 2.05) is 32.5 Å². The lowest BCUT2D eigenvalue weighted by Crippen LogP contribution is -2.05. The molecule has 0 saturated heterocycles. The lowest BCUT2D eigenvalue weighted by atomic mass is 10.0. The fourth-order valence-corrected chi connectivity index (χ4v) is 1.67. The number of carbonyl (C=O) groups is 1. The van der Waals surface area contributed by atoms with Crippen molar-refractivity contribution in [2.45, 2.75) is 33.6 Å². The Bertz CT molecular complexity index is 402. The number of nitrogens with zero attached hydrogens (tertiary/aromatic N) is 2. The largest absolute Gasteiger partial charge is 0.299 e. The maximum atomic E-state index is 11.6. The summed E-state index contributed by atoms with van der Waals surface area (Å²) in [6.45, 7) is 9.55. The minimum atomic E-state index is 0.210. The van der Waals surface area contributed by atoms with Crippen LogP contribution in [0, 0.1) is 13.8 Å². The van der Waals surface area contributed by atoms with Crippen molar-refractivity contribution in [2.24, 2.45) is 7.05 Å². The van der Waals surface area contributed by atoms with Crippen LogP contribution in [0.2, 0.25) is 0 Å². The summed E-state index contributed by atoms with van der Waals surface area (Å²) in [6.07, 6.45) is 0.937. The highest BCUT2D eigenvalue weighted by Gasteiger charge is 2.13. The Labute approximate surface area is 90.8 Å². The predicted octanol–water partition coefficient (Wildman–Crippen LogP) is 2.11. The average molecular weight is 206 g/mol. The van der Waals surface area contributed by atoms with Gasteiger partial charge in [-0.3, -0.25) is 9.48 Å². The van der Waals surface area contributed by atoms with Crippen molar-refractivity contribution in [3.05, 3.63) is 29.1 Å². The van der Waals surface area contributed by atoms with Gasteiger partial charge in [-0.1, -0.05) is 12.2 Å². The lowest BCUT2D eigenvalue weighted by molar-refractivity contribution is -0.117. The van der Waals surface area contributed by atoms with Crippen molar-refractivity contribution >= 4 is 5.78 Å². The van der Waals surface area contributed by atoms with Crippen molar-refractivity contribution in [2.75, 3.05) is 0 Å². The number of ketones is 1. The molecule has 0 saturated carbocycles. The SMILES string of the molecule is C=C(C)CC(=O)Cc1c(C)nn(C)c1C. The number of hydrogen-bond acceptors (Lipinski definition) is 2. The maximum absolute atomic E-state index is 11.6. The van der Waals surface area contributed by atoms with Crippen LogP contribution in [0.1, 0.15) is 30.3 Å². The third kappa shape index (κ3) is 2.78. The van der Waals surface area contributed by atoms with Gasteiger partial charge < -0.3 is 0 Å². The second kappa shape index (κ2) is 4.43. The molecule has 82 valence electrons. The van der Waals surface area contributed by atoms with E-state index in [0.29, 0.717) is 12.8 Å². The lowest BCUT2D eigenvalue weighted by Gasteiger charge is -2.01. The summed E-state index contributed by atoms with van der Waals surface area (Å²) in [6, 6.07) is 0. The number of aromatic nitrogens is 2. The zero-order valence-electron chi connectivity index (χ0n) is 9.92. The number of carbonyl (C=O) groups excluding carboxylic acids is 1. The molecule has 0 radical (unpaired) electrons. The Kier molecular flexibility index (Phi) is 3.45. The molecule has 1 aromatic heterocycles. The van der Waals surface area contributed by atoms with E-state index in [4.69, 9.17) is 0 Å². The normalized spacial score (nSPS) is 10.4. The minimum Gasteiger partial charge on any atom is -0.299 e. The van der Waals surface area contributed by atoms with Gasteiger partial charge in [0.25, 0.3) is 0 Å². The molecule has 1 aromatic rings.